The Morgan fingerprint density at radius 3 is 2.21 bits per heavy atom. The van der Waals surface area contributed by atoms with E-state index in [9.17, 15) is 17.6 Å². The first-order valence-electron chi connectivity index (χ1n) is 8.47. The Morgan fingerprint density at radius 2 is 1.62 bits per heavy atom. The maximum Gasteiger partial charge on any atom is 0.241 e. The molecular weight excluding hydrogens is 331 g/mol. The van der Waals surface area contributed by atoms with E-state index in [1.807, 2.05) is 0 Å². The van der Waals surface area contributed by atoms with Gasteiger partial charge in [-0.2, -0.15) is 4.72 Å². The van der Waals surface area contributed by atoms with Gasteiger partial charge in [0.2, 0.25) is 15.9 Å². The van der Waals surface area contributed by atoms with Crippen LogP contribution >= 0.6 is 0 Å². The zero-order chi connectivity index (χ0) is 17.6. The lowest BCUT2D eigenvalue weighted by atomic mass is 9.96. The van der Waals surface area contributed by atoms with Crippen molar-refractivity contribution in [3.63, 3.8) is 0 Å². The summed E-state index contributed by atoms with van der Waals surface area (Å²) in [6.07, 6.45) is 7.64. The Hall–Kier alpha value is -1.47. The van der Waals surface area contributed by atoms with Crippen LogP contribution < -0.4 is 10.0 Å². The number of rotatable bonds is 5. The highest BCUT2D eigenvalue weighted by Gasteiger charge is 2.24. The molecule has 24 heavy (non-hydrogen) atoms. The van der Waals surface area contributed by atoms with Crippen molar-refractivity contribution >= 4 is 15.9 Å². The minimum Gasteiger partial charge on any atom is -0.352 e. The number of amides is 1. The monoisotopic (exact) mass is 356 g/mol. The molecule has 2 N–H and O–H groups in total. The van der Waals surface area contributed by atoms with Crippen LogP contribution in [0.15, 0.2) is 29.2 Å². The topological polar surface area (TPSA) is 75.3 Å². The van der Waals surface area contributed by atoms with Crippen molar-refractivity contribution in [3.05, 3.63) is 30.1 Å². The maximum atomic E-state index is 12.9. The van der Waals surface area contributed by atoms with Gasteiger partial charge >= 0.3 is 0 Å². The van der Waals surface area contributed by atoms with Gasteiger partial charge in [0.05, 0.1) is 10.9 Å². The van der Waals surface area contributed by atoms with E-state index in [-0.39, 0.29) is 16.8 Å². The van der Waals surface area contributed by atoms with E-state index in [0.717, 1.165) is 37.8 Å². The van der Waals surface area contributed by atoms with Gasteiger partial charge in [0, 0.05) is 6.04 Å². The summed E-state index contributed by atoms with van der Waals surface area (Å²) in [5, 5.41) is 2.94. The maximum absolute atomic E-state index is 12.9. The first-order valence-corrected chi connectivity index (χ1v) is 9.95. The predicted octanol–water partition coefficient (Wildman–Crippen LogP) is 2.72. The molecule has 2 rings (SSSR count). The summed E-state index contributed by atoms with van der Waals surface area (Å²) >= 11 is 0. The molecule has 0 radical (unpaired) electrons. The second-order valence-corrected chi connectivity index (χ2v) is 8.06. The highest BCUT2D eigenvalue weighted by molar-refractivity contribution is 7.89. The minimum atomic E-state index is -3.85. The predicted molar refractivity (Wildman–Crippen MR) is 90.4 cm³/mol. The van der Waals surface area contributed by atoms with E-state index in [1.54, 1.807) is 0 Å². The van der Waals surface area contributed by atoms with E-state index < -0.39 is 21.9 Å². The van der Waals surface area contributed by atoms with Crippen molar-refractivity contribution < 1.29 is 17.6 Å². The fourth-order valence-electron chi connectivity index (χ4n) is 2.89. The standard InChI is InChI=1S/C17H25FN2O3S/c1-13(17(21)19-15-7-5-3-2-4-6-8-15)20-24(22,23)16-11-9-14(18)10-12-16/h9-13,15,20H,2-8H2,1H3,(H,19,21)/t13-/m1/s1. The molecule has 1 amide bonds. The van der Waals surface area contributed by atoms with Gasteiger partial charge in [0.15, 0.2) is 0 Å². The summed E-state index contributed by atoms with van der Waals surface area (Å²) in [7, 11) is -3.85. The first-order chi connectivity index (χ1) is 11.4. The molecule has 134 valence electrons. The van der Waals surface area contributed by atoms with Crippen LogP contribution in [0.5, 0.6) is 0 Å². The number of carbonyl (C=O) groups excluding carboxylic acids is 1. The van der Waals surface area contributed by atoms with Gasteiger partial charge in [0.1, 0.15) is 5.82 Å². The fraction of sp³-hybridized carbons (Fsp3) is 0.588. The zero-order valence-electron chi connectivity index (χ0n) is 13.9. The highest BCUT2D eigenvalue weighted by atomic mass is 32.2. The minimum absolute atomic E-state index is 0.0606. The first kappa shape index (κ1) is 18.9. The number of nitrogens with one attached hydrogen (secondary N) is 2. The van der Waals surface area contributed by atoms with Gasteiger partial charge in [0.25, 0.3) is 0 Å². The number of hydrogen-bond donors (Lipinski definition) is 2. The van der Waals surface area contributed by atoms with Gasteiger partial charge in [-0.25, -0.2) is 12.8 Å². The van der Waals surface area contributed by atoms with Crippen molar-refractivity contribution in [3.8, 4) is 0 Å². The quantitative estimate of drug-likeness (QED) is 0.852. The number of benzene rings is 1. The van der Waals surface area contributed by atoms with Gasteiger partial charge in [-0.05, 0) is 44.0 Å². The lowest BCUT2D eigenvalue weighted by Gasteiger charge is -2.23. The summed E-state index contributed by atoms with van der Waals surface area (Å²) < 4.78 is 39.7. The fourth-order valence-corrected chi connectivity index (χ4v) is 4.10. The summed E-state index contributed by atoms with van der Waals surface area (Å²) in [5.41, 5.74) is 0. The molecule has 1 atom stereocenters. The van der Waals surface area contributed by atoms with Crippen LogP contribution in [0, 0.1) is 5.82 Å². The van der Waals surface area contributed by atoms with Gasteiger partial charge in [-0.3, -0.25) is 4.79 Å². The van der Waals surface area contributed by atoms with Crippen LogP contribution in [-0.4, -0.2) is 26.4 Å². The number of halogens is 1. The van der Waals surface area contributed by atoms with Gasteiger partial charge < -0.3 is 5.32 Å². The third-order valence-corrected chi connectivity index (χ3v) is 5.86. The molecule has 1 aliphatic carbocycles. The Labute approximate surface area is 143 Å². The molecule has 0 spiro atoms. The number of sulfonamides is 1. The average Bonchev–Trinajstić information content (AvgIpc) is 2.49. The Morgan fingerprint density at radius 1 is 1.08 bits per heavy atom. The van der Waals surface area contributed by atoms with E-state index in [2.05, 4.69) is 10.0 Å². The van der Waals surface area contributed by atoms with Crippen molar-refractivity contribution in [1.29, 1.82) is 0 Å². The molecule has 7 heteroatoms. The molecular formula is C17H25FN2O3S. The summed E-state index contributed by atoms with van der Waals surface area (Å²) in [5.74, 6) is -0.838. The average molecular weight is 356 g/mol. The van der Waals surface area contributed by atoms with Crippen molar-refractivity contribution in [2.75, 3.05) is 0 Å². The largest absolute Gasteiger partial charge is 0.352 e. The molecule has 5 nitrogen and oxygen atoms in total. The lowest BCUT2D eigenvalue weighted by molar-refractivity contribution is -0.123. The van der Waals surface area contributed by atoms with Crippen LogP contribution in [0.25, 0.3) is 0 Å². The van der Waals surface area contributed by atoms with Crippen LogP contribution in [0.2, 0.25) is 0 Å². The van der Waals surface area contributed by atoms with E-state index in [4.69, 9.17) is 0 Å². The molecule has 1 fully saturated rings. The lowest BCUT2D eigenvalue weighted by Crippen LogP contribution is -2.48. The van der Waals surface area contributed by atoms with E-state index >= 15 is 0 Å². The molecule has 0 unspecified atom stereocenters. The summed E-state index contributed by atoms with van der Waals surface area (Å²) in [6, 6.07) is 3.73. The van der Waals surface area contributed by atoms with Crippen LogP contribution in [-0.2, 0) is 14.8 Å². The Kier molecular flexibility index (Phi) is 6.74. The number of carbonyl (C=O) groups is 1. The van der Waals surface area contributed by atoms with E-state index in [1.165, 1.54) is 38.3 Å². The third kappa shape index (κ3) is 5.56. The zero-order valence-corrected chi connectivity index (χ0v) is 14.7. The normalized spacial score (nSPS) is 18.4. The van der Waals surface area contributed by atoms with Gasteiger partial charge in [-0.1, -0.05) is 32.1 Å². The molecule has 1 aromatic carbocycles. The van der Waals surface area contributed by atoms with Crippen LogP contribution in [0.1, 0.15) is 51.9 Å². The van der Waals surface area contributed by atoms with Gasteiger partial charge in [-0.15, -0.1) is 0 Å². The molecule has 0 aliphatic heterocycles. The van der Waals surface area contributed by atoms with E-state index in [0.29, 0.717) is 0 Å². The van der Waals surface area contributed by atoms with Crippen LogP contribution in [0.4, 0.5) is 4.39 Å². The van der Waals surface area contributed by atoms with Crippen molar-refractivity contribution in [2.24, 2.45) is 0 Å². The molecule has 0 heterocycles. The highest BCUT2D eigenvalue weighted by Crippen LogP contribution is 2.17. The summed E-state index contributed by atoms with van der Waals surface area (Å²) in [6.45, 7) is 1.51. The number of hydrogen-bond acceptors (Lipinski definition) is 3. The summed E-state index contributed by atoms with van der Waals surface area (Å²) in [4.78, 5) is 12.2. The second kappa shape index (κ2) is 8.58. The molecule has 1 aromatic rings. The molecule has 0 saturated heterocycles. The Bertz CT molecular complexity index is 638. The SMILES string of the molecule is C[C@@H](NS(=O)(=O)c1ccc(F)cc1)C(=O)NC1CCCCCCC1. The van der Waals surface area contributed by atoms with Crippen LogP contribution in [0.3, 0.4) is 0 Å². The smallest absolute Gasteiger partial charge is 0.241 e. The molecule has 1 saturated carbocycles. The van der Waals surface area contributed by atoms with Crippen molar-refractivity contribution in [2.45, 2.75) is 68.8 Å². The molecule has 0 aromatic heterocycles. The third-order valence-electron chi connectivity index (χ3n) is 4.30. The second-order valence-electron chi connectivity index (χ2n) is 6.35. The van der Waals surface area contributed by atoms with Crippen molar-refractivity contribution in [1.82, 2.24) is 10.0 Å². The molecule has 0 bridgehead atoms. The Balaban J connectivity index is 1.93. The molecule has 1 aliphatic rings.